The first-order chi connectivity index (χ1) is 14.9. The molecule has 0 radical (unpaired) electrons. The van der Waals surface area contributed by atoms with Crippen molar-refractivity contribution >= 4 is 23.4 Å². The summed E-state index contributed by atoms with van der Waals surface area (Å²) in [7, 11) is 0. The first-order valence-corrected chi connectivity index (χ1v) is 10.5. The van der Waals surface area contributed by atoms with Gasteiger partial charge in [-0.1, -0.05) is 12.1 Å². The molecule has 1 aromatic carbocycles. The zero-order chi connectivity index (χ0) is 22.0. The highest BCUT2D eigenvalue weighted by Gasteiger charge is 2.41. The number of amides is 3. The number of aromatic nitrogens is 1. The van der Waals surface area contributed by atoms with Crippen LogP contribution in [-0.4, -0.2) is 45.9 Å². The minimum absolute atomic E-state index is 0.0907. The van der Waals surface area contributed by atoms with Gasteiger partial charge in [0.05, 0.1) is 5.56 Å². The van der Waals surface area contributed by atoms with E-state index < -0.39 is 11.7 Å². The van der Waals surface area contributed by atoms with Crippen LogP contribution in [0, 0.1) is 6.92 Å². The highest BCUT2D eigenvalue weighted by molar-refractivity contribution is 6.02. The third-order valence-electron chi connectivity index (χ3n) is 6.05. The molecule has 0 unspecified atom stereocenters. The van der Waals surface area contributed by atoms with Crippen molar-refractivity contribution < 1.29 is 14.4 Å². The fraction of sp³-hybridized carbons (Fsp3) is 0.391. The lowest BCUT2D eigenvalue weighted by Crippen LogP contribution is -2.58. The summed E-state index contributed by atoms with van der Waals surface area (Å²) in [5.41, 5.74) is 2.64. The van der Waals surface area contributed by atoms with Gasteiger partial charge >= 0.3 is 0 Å². The van der Waals surface area contributed by atoms with Crippen LogP contribution in [0.3, 0.4) is 0 Å². The summed E-state index contributed by atoms with van der Waals surface area (Å²) in [6, 6.07) is 8.76. The molecule has 1 spiro atoms. The second-order valence-corrected chi connectivity index (χ2v) is 8.30. The van der Waals surface area contributed by atoms with Crippen LogP contribution in [0.5, 0.6) is 0 Å². The summed E-state index contributed by atoms with van der Waals surface area (Å²) >= 11 is 0. The number of rotatable bonds is 4. The third kappa shape index (κ3) is 4.38. The van der Waals surface area contributed by atoms with Gasteiger partial charge in [-0.15, -0.1) is 0 Å². The molecule has 3 heterocycles. The Labute approximate surface area is 181 Å². The lowest BCUT2D eigenvalue weighted by molar-refractivity contribution is -0.139. The molecular weight excluding hydrogens is 394 g/mol. The van der Waals surface area contributed by atoms with E-state index in [1.807, 2.05) is 37.3 Å². The standard InChI is InChI=1S/C23H27N5O3/c1-15-5-6-18-19(12-15)26-23(27-22(18)31)8-7-20(29)28(11-9-23)16(2)21(30)25-14-17-4-3-10-24-13-17/h3-6,10,12-13,16,26H,7-9,11,14H2,1-2H3,(H,25,30)(H,27,31)/t16-,23+/m0/s1. The van der Waals surface area contributed by atoms with Crippen molar-refractivity contribution in [1.82, 2.24) is 20.5 Å². The van der Waals surface area contributed by atoms with Gasteiger partial charge in [-0.3, -0.25) is 19.4 Å². The molecule has 0 bridgehead atoms. The molecule has 31 heavy (non-hydrogen) atoms. The molecule has 8 heteroatoms. The van der Waals surface area contributed by atoms with Crippen LogP contribution in [0.4, 0.5) is 5.69 Å². The lowest BCUT2D eigenvalue weighted by Gasteiger charge is -2.40. The van der Waals surface area contributed by atoms with E-state index in [1.165, 1.54) is 0 Å². The average molecular weight is 422 g/mol. The van der Waals surface area contributed by atoms with Crippen molar-refractivity contribution in [2.75, 3.05) is 11.9 Å². The number of benzene rings is 1. The molecule has 3 N–H and O–H groups in total. The quantitative estimate of drug-likeness (QED) is 0.700. The Bertz CT molecular complexity index is 1010. The Morgan fingerprint density at radius 1 is 1.26 bits per heavy atom. The number of nitrogens with zero attached hydrogens (tertiary/aromatic N) is 2. The largest absolute Gasteiger partial charge is 0.362 e. The van der Waals surface area contributed by atoms with Crippen molar-refractivity contribution in [1.29, 1.82) is 0 Å². The van der Waals surface area contributed by atoms with Crippen molar-refractivity contribution in [3.05, 3.63) is 59.4 Å². The molecule has 0 saturated carbocycles. The molecule has 162 valence electrons. The molecule has 1 saturated heterocycles. The number of hydrogen-bond acceptors (Lipinski definition) is 5. The number of likely N-dealkylation sites (tertiary alicyclic amines) is 1. The van der Waals surface area contributed by atoms with Crippen LogP contribution in [0.2, 0.25) is 0 Å². The highest BCUT2D eigenvalue weighted by atomic mass is 16.2. The Balaban J connectivity index is 1.44. The Morgan fingerprint density at radius 2 is 2.10 bits per heavy atom. The van der Waals surface area contributed by atoms with Crippen molar-refractivity contribution in [3.8, 4) is 0 Å². The number of carbonyl (C=O) groups excluding carboxylic acids is 3. The summed E-state index contributed by atoms with van der Waals surface area (Å²) < 4.78 is 0. The van der Waals surface area contributed by atoms with E-state index in [9.17, 15) is 14.4 Å². The first kappa shape index (κ1) is 20.8. The van der Waals surface area contributed by atoms with Gasteiger partial charge in [-0.05, 0) is 49.6 Å². The number of pyridine rings is 1. The summed E-state index contributed by atoms with van der Waals surface area (Å²) in [6.07, 6.45) is 4.60. The van der Waals surface area contributed by atoms with Gasteiger partial charge in [0.25, 0.3) is 5.91 Å². The summed E-state index contributed by atoms with van der Waals surface area (Å²) in [5, 5.41) is 9.40. The predicted octanol–water partition coefficient (Wildman–Crippen LogP) is 1.96. The maximum Gasteiger partial charge on any atom is 0.255 e. The van der Waals surface area contributed by atoms with E-state index in [2.05, 4.69) is 20.9 Å². The number of hydrogen-bond donors (Lipinski definition) is 3. The molecule has 8 nitrogen and oxygen atoms in total. The number of fused-ring (bicyclic) bond motifs is 1. The van der Waals surface area contributed by atoms with Crippen LogP contribution in [-0.2, 0) is 16.1 Å². The van der Waals surface area contributed by atoms with Crippen LogP contribution in [0.1, 0.15) is 47.7 Å². The van der Waals surface area contributed by atoms with Crippen LogP contribution in [0.25, 0.3) is 0 Å². The first-order valence-electron chi connectivity index (χ1n) is 10.5. The van der Waals surface area contributed by atoms with Crippen LogP contribution in [0.15, 0.2) is 42.7 Å². The summed E-state index contributed by atoms with van der Waals surface area (Å²) in [4.78, 5) is 43.9. The monoisotopic (exact) mass is 421 g/mol. The van der Waals surface area contributed by atoms with Gasteiger partial charge in [0.15, 0.2) is 0 Å². The minimum atomic E-state index is -0.700. The molecule has 1 fully saturated rings. The van der Waals surface area contributed by atoms with E-state index in [-0.39, 0.29) is 24.1 Å². The van der Waals surface area contributed by atoms with Crippen molar-refractivity contribution in [3.63, 3.8) is 0 Å². The molecule has 2 aliphatic rings. The zero-order valence-corrected chi connectivity index (χ0v) is 17.8. The van der Waals surface area contributed by atoms with Crippen LogP contribution >= 0.6 is 0 Å². The normalized spacial score (nSPS) is 21.5. The fourth-order valence-corrected chi connectivity index (χ4v) is 4.20. The molecule has 3 amide bonds. The van der Waals surface area contributed by atoms with Gasteiger partial charge < -0.3 is 20.9 Å². The molecule has 4 rings (SSSR count). The Morgan fingerprint density at radius 3 is 2.87 bits per heavy atom. The predicted molar refractivity (Wildman–Crippen MR) is 116 cm³/mol. The SMILES string of the molecule is Cc1ccc2c(c1)N[C@]1(CCC(=O)N([C@@H](C)C(=O)NCc3cccnc3)CC1)NC2=O. The van der Waals surface area contributed by atoms with Gasteiger partial charge in [-0.25, -0.2) is 0 Å². The second kappa shape index (κ2) is 8.37. The van der Waals surface area contributed by atoms with Crippen LogP contribution < -0.4 is 16.0 Å². The molecule has 2 aromatic rings. The van der Waals surface area contributed by atoms with E-state index in [4.69, 9.17) is 0 Å². The van der Waals surface area contributed by atoms with E-state index in [0.29, 0.717) is 31.5 Å². The lowest BCUT2D eigenvalue weighted by atomic mass is 9.94. The Kier molecular flexibility index (Phi) is 5.63. The number of carbonyl (C=O) groups is 3. The van der Waals surface area contributed by atoms with E-state index in [0.717, 1.165) is 16.8 Å². The van der Waals surface area contributed by atoms with Gasteiger partial charge in [0.2, 0.25) is 11.8 Å². The third-order valence-corrected chi connectivity index (χ3v) is 6.05. The van der Waals surface area contributed by atoms with Gasteiger partial charge in [0.1, 0.15) is 11.7 Å². The second-order valence-electron chi connectivity index (χ2n) is 8.30. The molecule has 1 aromatic heterocycles. The zero-order valence-electron chi connectivity index (χ0n) is 17.8. The van der Waals surface area contributed by atoms with Crippen molar-refractivity contribution in [2.24, 2.45) is 0 Å². The number of anilines is 1. The molecule has 2 aliphatic heterocycles. The fourth-order valence-electron chi connectivity index (χ4n) is 4.20. The molecular formula is C23H27N5O3. The summed E-state index contributed by atoms with van der Waals surface area (Å²) in [6.45, 7) is 4.44. The molecule has 0 aliphatic carbocycles. The van der Waals surface area contributed by atoms with Gasteiger partial charge in [-0.2, -0.15) is 0 Å². The van der Waals surface area contributed by atoms with Gasteiger partial charge in [0, 0.05) is 44.0 Å². The maximum atomic E-state index is 12.8. The van der Waals surface area contributed by atoms with Crippen molar-refractivity contribution in [2.45, 2.75) is 51.4 Å². The summed E-state index contributed by atoms with van der Waals surface area (Å²) in [5.74, 6) is -0.446. The van der Waals surface area contributed by atoms with E-state index >= 15 is 0 Å². The Hall–Kier alpha value is -3.42. The minimum Gasteiger partial charge on any atom is -0.362 e. The highest BCUT2D eigenvalue weighted by Crippen LogP contribution is 2.32. The topological polar surface area (TPSA) is 103 Å². The molecule has 2 atom stereocenters. The number of aryl methyl sites for hydroxylation is 1. The van der Waals surface area contributed by atoms with E-state index in [1.54, 1.807) is 24.2 Å². The average Bonchev–Trinajstić information content (AvgIpc) is 2.91. The maximum absolute atomic E-state index is 12.8. The number of nitrogens with one attached hydrogen (secondary N) is 3. The smallest absolute Gasteiger partial charge is 0.255 e.